The van der Waals surface area contributed by atoms with E-state index in [2.05, 4.69) is 35.5 Å². The number of nitrogens with zero attached hydrogens (tertiary/aromatic N) is 1. The molecule has 1 fully saturated rings. The first-order chi connectivity index (χ1) is 13.4. The molecule has 0 radical (unpaired) electrons. The normalized spacial score (nSPS) is 24.9. The van der Waals surface area contributed by atoms with Crippen LogP contribution >= 0.6 is 11.6 Å². The molecule has 2 amide bonds. The number of halogens is 1. The molecule has 2 heterocycles. The molecule has 2 aliphatic heterocycles. The van der Waals surface area contributed by atoms with Crippen LogP contribution in [0.25, 0.3) is 0 Å². The summed E-state index contributed by atoms with van der Waals surface area (Å²) in [5.74, 6) is 0. The molecule has 0 saturated carbocycles. The fraction of sp³-hybridized carbons (Fsp3) is 0.522. The number of carbonyl (C=O) groups is 1. The van der Waals surface area contributed by atoms with Gasteiger partial charge in [0.15, 0.2) is 0 Å². The molecule has 1 aromatic carbocycles. The quantitative estimate of drug-likeness (QED) is 0.732. The van der Waals surface area contributed by atoms with Gasteiger partial charge in [0.25, 0.3) is 0 Å². The summed E-state index contributed by atoms with van der Waals surface area (Å²) in [5.41, 5.74) is 4.52. The standard InChI is InChI=1S/C23H30ClN3O/c1-23(2)15-16(10-13-27-11-6-3-7-12-27)14-19-20(23)21(26-22(28)25-19)17-8-4-5-9-18(17)24/h4-5,8-9,14,21H,3,6-7,10-13,15H2,1-2H3,(H2,25,26,28). The second-order valence-corrected chi connectivity index (χ2v) is 9.30. The number of amides is 2. The Balaban J connectivity index is 1.62. The zero-order valence-electron chi connectivity index (χ0n) is 16.9. The van der Waals surface area contributed by atoms with Crippen molar-refractivity contribution < 1.29 is 4.79 Å². The molecular weight excluding hydrogens is 370 g/mol. The zero-order chi connectivity index (χ0) is 19.7. The third kappa shape index (κ3) is 3.99. The van der Waals surface area contributed by atoms with Crippen molar-refractivity contribution in [2.24, 2.45) is 5.41 Å². The Morgan fingerprint density at radius 1 is 1.18 bits per heavy atom. The predicted molar refractivity (Wildman–Crippen MR) is 114 cm³/mol. The van der Waals surface area contributed by atoms with Gasteiger partial charge in [-0.25, -0.2) is 4.79 Å². The van der Waals surface area contributed by atoms with Crippen molar-refractivity contribution in [2.75, 3.05) is 19.6 Å². The number of piperidine rings is 1. The Kier molecular flexibility index (Phi) is 5.52. The minimum absolute atomic E-state index is 0.0498. The molecule has 2 N–H and O–H groups in total. The first-order valence-corrected chi connectivity index (χ1v) is 10.8. The van der Waals surface area contributed by atoms with Gasteiger partial charge in [0, 0.05) is 17.3 Å². The summed E-state index contributed by atoms with van der Waals surface area (Å²) >= 11 is 6.48. The average molecular weight is 400 g/mol. The Bertz CT molecular complexity index is 821. The second kappa shape index (κ2) is 7.92. The van der Waals surface area contributed by atoms with Crippen LogP contribution in [0.3, 0.4) is 0 Å². The Labute approximate surface area is 173 Å². The minimum Gasteiger partial charge on any atom is -0.327 e. The minimum atomic E-state index is -0.188. The first kappa shape index (κ1) is 19.5. The van der Waals surface area contributed by atoms with Gasteiger partial charge in [-0.1, -0.05) is 55.6 Å². The van der Waals surface area contributed by atoms with E-state index < -0.39 is 0 Å². The first-order valence-electron chi connectivity index (χ1n) is 10.4. The Morgan fingerprint density at radius 3 is 2.68 bits per heavy atom. The smallest absolute Gasteiger partial charge is 0.319 e. The van der Waals surface area contributed by atoms with Crippen LogP contribution in [0.15, 0.2) is 47.2 Å². The number of benzene rings is 1. The second-order valence-electron chi connectivity index (χ2n) is 8.90. The fourth-order valence-corrected chi connectivity index (χ4v) is 5.20. The summed E-state index contributed by atoms with van der Waals surface area (Å²) in [5, 5.41) is 6.85. The molecule has 1 unspecified atom stereocenters. The van der Waals surface area contributed by atoms with Crippen molar-refractivity contribution in [3.63, 3.8) is 0 Å². The number of carbonyl (C=O) groups excluding carboxylic acids is 1. The van der Waals surface area contributed by atoms with Gasteiger partial charge in [-0.2, -0.15) is 0 Å². The maximum atomic E-state index is 12.4. The summed E-state index contributed by atoms with van der Waals surface area (Å²) in [6, 6.07) is 7.45. The van der Waals surface area contributed by atoms with Crippen LogP contribution in [0.2, 0.25) is 5.02 Å². The highest BCUT2D eigenvalue weighted by Gasteiger charge is 2.40. The summed E-state index contributed by atoms with van der Waals surface area (Å²) in [6.45, 7) is 8.11. The molecular formula is C23H30ClN3O. The van der Waals surface area contributed by atoms with E-state index in [1.54, 1.807) is 0 Å². The van der Waals surface area contributed by atoms with E-state index in [1.165, 1.54) is 43.5 Å². The summed E-state index contributed by atoms with van der Waals surface area (Å²) < 4.78 is 0. The number of rotatable bonds is 4. The monoisotopic (exact) mass is 399 g/mol. The van der Waals surface area contributed by atoms with Crippen molar-refractivity contribution in [3.05, 3.63) is 57.8 Å². The summed E-state index contributed by atoms with van der Waals surface area (Å²) in [4.78, 5) is 15.0. The lowest BCUT2D eigenvalue weighted by atomic mass is 9.69. The van der Waals surface area contributed by atoms with E-state index in [4.69, 9.17) is 11.6 Å². The van der Waals surface area contributed by atoms with E-state index >= 15 is 0 Å². The van der Waals surface area contributed by atoms with Crippen LogP contribution in [-0.4, -0.2) is 30.6 Å². The lowest BCUT2D eigenvalue weighted by molar-refractivity contribution is 0.227. The molecule has 150 valence electrons. The number of hydrogen-bond donors (Lipinski definition) is 2. The van der Waals surface area contributed by atoms with Gasteiger partial charge >= 0.3 is 6.03 Å². The van der Waals surface area contributed by atoms with Gasteiger partial charge < -0.3 is 15.5 Å². The molecule has 0 bridgehead atoms. The highest BCUT2D eigenvalue weighted by molar-refractivity contribution is 6.31. The maximum absolute atomic E-state index is 12.4. The molecule has 4 nitrogen and oxygen atoms in total. The molecule has 28 heavy (non-hydrogen) atoms. The van der Waals surface area contributed by atoms with Crippen molar-refractivity contribution in [1.29, 1.82) is 0 Å². The van der Waals surface area contributed by atoms with Crippen molar-refractivity contribution in [3.8, 4) is 0 Å². The van der Waals surface area contributed by atoms with Gasteiger partial charge in [0.1, 0.15) is 0 Å². The largest absolute Gasteiger partial charge is 0.327 e. The number of nitrogens with one attached hydrogen (secondary N) is 2. The molecule has 0 spiro atoms. The van der Waals surface area contributed by atoms with E-state index in [0.29, 0.717) is 5.02 Å². The van der Waals surface area contributed by atoms with Crippen LogP contribution in [0.1, 0.15) is 57.6 Å². The highest BCUT2D eigenvalue weighted by atomic mass is 35.5. The number of urea groups is 1. The maximum Gasteiger partial charge on any atom is 0.319 e. The Hall–Kier alpha value is -1.78. The Morgan fingerprint density at radius 2 is 1.93 bits per heavy atom. The summed E-state index contributed by atoms with van der Waals surface area (Å²) in [7, 11) is 0. The van der Waals surface area contributed by atoms with Gasteiger partial charge in [-0.05, 0) is 67.5 Å². The lowest BCUT2D eigenvalue weighted by Crippen LogP contribution is -2.48. The third-order valence-electron chi connectivity index (χ3n) is 6.26. The molecule has 1 saturated heterocycles. The summed E-state index contributed by atoms with van der Waals surface area (Å²) in [6.07, 6.45) is 8.30. The van der Waals surface area contributed by atoms with E-state index in [9.17, 15) is 4.79 Å². The van der Waals surface area contributed by atoms with Crippen molar-refractivity contribution in [1.82, 2.24) is 15.5 Å². The fourth-order valence-electron chi connectivity index (χ4n) is 4.96. The van der Waals surface area contributed by atoms with Gasteiger partial charge in [0.05, 0.1) is 6.04 Å². The molecule has 0 aromatic heterocycles. The SMILES string of the molecule is CC1(C)CC(CCN2CCCCC2)=CC2=C1C(c1ccccc1Cl)NC(=O)N2. The van der Waals surface area contributed by atoms with Gasteiger partial charge in [-0.3, -0.25) is 0 Å². The third-order valence-corrected chi connectivity index (χ3v) is 6.61. The topological polar surface area (TPSA) is 44.4 Å². The van der Waals surface area contributed by atoms with Gasteiger partial charge in [0.2, 0.25) is 0 Å². The van der Waals surface area contributed by atoms with Crippen LogP contribution in [0.5, 0.6) is 0 Å². The van der Waals surface area contributed by atoms with Crippen LogP contribution < -0.4 is 10.6 Å². The van der Waals surface area contributed by atoms with Crippen molar-refractivity contribution >= 4 is 17.6 Å². The molecule has 5 heteroatoms. The molecule has 4 rings (SSSR count). The molecule has 3 aliphatic rings. The average Bonchev–Trinajstić information content (AvgIpc) is 2.66. The van der Waals surface area contributed by atoms with E-state index in [-0.39, 0.29) is 17.5 Å². The molecule has 1 atom stereocenters. The highest BCUT2D eigenvalue weighted by Crippen LogP contribution is 2.48. The molecule has 1 aliphatic carbocycles. The van der Waals surface area contributed by atoms with Crippen LogP contribution in [-0.2, 0) is 0 Å². The van der Waals surface area contributed by atoms with Crippen molar-refractivity contribution in [2.45, 2.75) is 52.0 Å². The number of allylic oxidation sites excluding steroid dienone is 1. The van der Waals surface area contributed by atoms with Gasteiger partial charge in [-0.15, -0.1) is 0 Å². The predicted octanol–water partition coefficient (Wildman–Crippen LogP) is 5.18. The van der Waals surface area contributed by atoms with Crippen LogP contribution in [0.4, 0.5) is 4.79 Å². The number of hydrogen-bond acceptors (Lipinski definition) is 2. The molecule has 1 aromatic rings. The van der Waals surface area contributed by atoms with E-state index in [0.717, 1.165) is 30.6 Å². The van der Waals surface area contributed by atoms with Crippen LogP contribution in [0, 0.1) is 5.41 Å². The number of likely N-dealkylation sites (tertiary alicyclic amines) is 1. The lowest BCUT2D eigenvalue weighted by Gasteiger charge is -2.42. The zero-order valence-corrected chi connectivity index (χ0v) is 17.6. The van der Waals surface area contributed by atoms with E-state index in [1.807, 2.05) is 24.3 Å².